The number of benzene rings is 2. The average molecular weight is 381 g/mol. The third kappa shape index (κ3) is 6.65. The highest BCUT2D eigenvalue weighted by Crippen LogP contribution is 2.22. The van der Waals surface area contributed by atoms with E-state index in [-0.39, 0.29) is 24.0 Å². The molecule has 1 unspecified atom stereocenters. The molecule has 2 rings (SSSR count). The molecule has 1 N–H and O–H groups in total. The van der Waals surface area contributed by atoms with E-state index in [0.717, 1.165) is 0 Å². The van der Waals surface area contributed by atoms with Crippen LogP contribution in [0.1, 0.15) is 29.8 Å². The van der Waals surface area contributed by atoms with Crippen LogP contribution in [0.3, 0.4) is 0 Å². The van der Waals surface area contributed by atoms with Crippen molar-refractivity contribution >= 4 is 11.7 Å². The number of ketones is 1. The first kappa shape index (κ1) is 20.3. The fourth-order valence-corrected chi connectivity index (χ4v) is 2.17. The van der Waals surface area contributed by atoms with Gasteiger partial charge in [0.15, 0.2) is 11.9 Å². The number of carbonyl (C=O) groups is 2. The number of carbonyl (C=O) groups excluding carboxylic acids is 2. The van der Waals surface area contributed by atoms with E-state index in [1.807, 2.05) is 0 Å². The van der Waals surface area contributed by atoms with E-state index in [1.54, 1.807) is 31.2 Å². The molecule has 0 saturated carbocycles. The summed E-state index contributed by atoms with van der Waals surface area (Å²) >= 11 is 0. The van der Waals surface area contributed by atoms with Gasteiger partial charge < -0.3 is 14.8 Å². The number of nitrogens with one attached hydrogen (secondary N) is 1. The van der Waals surface area contributed by atoms with Crippen LogP contribution in [0.25, 0.3) is 0 Å². The van der Waals surface area contributed by atoms with Crippen molar-refractivity contribution < 1.29 is 32.2 Å². The van der Waals surface area contributed by atoms with Gasteiger partial charge in [-0.15, -0.1) is 13.2 Å². The van der Waals surface area contributed by atoms with Crippen molar-refractivity contribution in [1.82, 2.24) is 5.32 Å². The molecule has 1 amide bonds. The number of alkyl halides is 3. The molecule has 0 saturated heterocycles. The number of ether oxygens (including phenoxy) is 2. The summed E-state index contributed by atoms with van der Waals surface area (Å²) in [6.45, 7) is 3.14. The molecule has 2 aromatic rings. The van der Waals surface area contributed by atoms with Crippen LogP contribution in [0.4, 0.5) is 13.2 Å². The largest absolute Gasteiger partial charge is 0.573 e. The molecule has 5 nitrogen and oxygen atoms in total. The standard InChI is InChI=1S/C19H18F3NO4/c1-12(24)15-5-9-16(10-6-15)26-13(2)18(25)23-11-14-3-7-17(8-4-14)27-19(20,21)22/h3-10,13H,11H2,1-2H3,(H,23,25). The van der Waals surface area contributed by atoms with Crippen LogP contribution in [-0.2, 0) is 11.3 Å². The maximum atomic E-state index is 12.1. The van der Waals surface area contributed by atoms with Crippen LogP contribution in [-0.4, -0.2) is 24.2 Å². The molecule has 1 atom stereocenters. The van der Waals surface area contributed by atoms with E-state index < -0.39 is 12.5 Å². The predicted octanol–water partition coefficient (Wildman–Crippen LogP) is 3.87. The molecule has 0 aliphatic carbocycles. The summed E-state index contributed by atoms with van der Waals surface area (Å²) in [7, 11) is 0. The lowest BCUT2D eigenvalue weighted by Crippen LogP contribution is -2.35. The average Bonchev–Trinajstić information content (AvgIpc) is 2.60. The van der Waals surface area contributed by atoms with Crippen molar-refractivity contribution in [1.29, 1.82) is 0 Å². The lowest BCUT2D eigenvalue weighted by molar-refractivity contribution is -0.274. The second-order valence-electron chi connectivity index (χ2n) is 5.75. The Labute approximate surface area is 154 Å². The quantitative estimate of drug-likeness (QED) is 0.740. The van der Waals surface area contributed by atoms with E-state index in [9.17, 15) is 22.8 Å². The zero-order chi connectivity index (χ0) is 20.0. The van der Waals surface area contributed by atoms with Gasteiger partial charge in [0.1, 0.15) is 11.5 Å². The van der Waals surface area contributed by atoms with Crippen molar-refractivity contribution in [3.63, 3.8) is 0 Å². The molecule has 27 heavy (non-hydrogen) atoms. The predicted molar refractivity (Wildman–Crippen MR) is 91.5 cm³/mol. The summed E-state index contributed by atoms with van der Waals surface area (Å²) in [5.74, 6) is -0.347. The molecule has 0 heterocycles. The minimum absolute atomic E-state index is 0.0704. The molecule has 8 heteroatoms. The first-order chi connectivity index (χ1) is 12.6. The topological polar surface area (TPSA) is 64.6 Å². The van der Waals surface area contributed by atoms with Crippen molar-refractivity contribution in [3.05, 3.63) is 59.7 Å². The Morgan fingerprint density at radius 2 is 1.56 bits per heavy atom. The van der Waals surface area contributed by atoms with Crippen LogP contribution in [0.15, 0.2) is 48.5 Å². The molecule has 0 bridgehead atoms. The zero-order valence-electron chi connectivity index (χ0n) is 14.7. The molecule has 144 valence electrons. The van der Waals surface area contributed by atoms with Crippen LogP contribution >= 0.6 is 0 Å². The lowest BCUT2D eigenvalue weighted by atomic mass is 10.1. The number of hydrogen-bond donors (Lipinski definition) is 1. The van der Waals surface area contributed by atoms with Crippen molar-refractivity contribution in [2.45, 2.75) is 32.9 Å². The van der Waals surface area contributed by atoms with Gasteiger partial charge >= 0.3 is 6.36 Å². The monoisotopic (exact) mass is 381 g/mol. The minimum atomic E-state index is -4.74. The Balaban J connectivity index is 1.84. The molecule has 0 aliphatic heterocycles. The number of amides is 1. The number of rotatable bonds is 7. The highest BCUT2D eigenvalue weighted by molar-refractivity contribution is 5.94. The van der Waals surface area contributed by atoms with Crippen molar-refractivity contribution in [2.24, 2.45) is 0 Å². The summed E-state index contributed by atoms with van der Waals surface area (Å²) in [4.78, 5) is 23.3. The summed E-state index contributed by atoms with van der Waals surface area (Å²) in [6, 6.07) is 11.6. The van der Waals surface area contributed by atoms with Crippen LogP contribution in [0.2, 0.25) is 0 Å². The van der Waals surface area contributed by atoms with E-state index in [2.05, 4.69) is 10.1 Å². The SMILES string of the molecule is CC(=O)c1ccc(OC(C)C(=O)NCc2ccc(OC(F)(F)F)cc2)cc1. The summed E-state index contributed by atoms with van der Waals surface area (Å²) in [5.41, 5.74) is 1.15. The third-order valence-corrected chi connectivity index (χ3v) is 3.57. The fraction of sp³-hybridized carbons (Fsp3) is 0.263. The summed E-state index contributed by atoms with van der Waals surface area (Å²) in [6.07, 6.45) is -5.54. The molecule has 2 aromatic carbocycles. The van der Waals surface area contributed by atoms with Crippen LogP contribution < -0.4 is 14.8 Å². The number of hydrogen-bond acceptors (Lipinski definition) is 4. The Kier molecular flexibility index (Phi) is 6.44. The van der Waals surface area contributed by atoms with Gasteiger partial charge in [0.25, 0.3) is 5.91 Å². The zero-order valence-corrected chi connectivity index (χ0v) is 14.7. The Morgan fingerprint density at radius 1 is 1.00 bits per heavy atom. The van der Waals surface area contributed by atoms with E-state index in [4.69, 9.17) is 4.74 Å². The van der Waals surface area contributed by atoms with Gasteiger partial charge in [-0.3, -0.25) is 9.59 Å². The van der Waals surface area contributed by atoms with Gasteiger partial charge in [-0.2, -0.15) is 0 Å². The van der Waals surface area contributed by atoms with Crippen LogP contribution in [0, 0.1) is 0 Å². The highest BCUT2D eigenvalue weighted by atomic mass is 19.4. The minimum Gasteiger partial charge on any atom is -0.481 e. The first-order valence-electron chi connectivity index (χ1n) is 8.04. The smallest absolute Gasteiger partial charge is 0.481 e. The normalized spacial score (nSPS) is 12.2. The summed E-state index contributed by atoms with van der Waals surface area (Å²) < 4.78 is 45.6. The molecular weight excluding hydrogens is 363 g/mol. The highest BCUT2D eigenvalue weighted by Gasteiger charge is 2.30. The van der Waals surface area contributed by atoms with Gasteiger partial charge in [-0.25, -0.2) is 0 Å². The fourth-order valence-electron chi connectivity index (χ4n) is 2.17. The Bertz CT molecular complexity index is 786. The van der Waals surface area contributed by atoms with Gasteiger partial charge in [0.05, 0.1) is 0 Å². The van der Waals surface area contributed by atoms with E-state index in [1.165, 1.54) is 31.2 Å². The van der Waals surface area contributed by atoms with Gasteiger partial charge in [0, 0.05) is 12.1 Å². The molecular formula is C19H18F3NO4. The molecule has 0 radical (unpaired) electrons. The number of halogens is 3. The van der Waals surface area contributed by atoms with Crippen molar-refractivity contribution in [3.8, 4) is 11.5 Å². The van der Waals surface area contributed by atoms with E-state index >= 15 is 0 Å². The van der Waals surface area contributed by atoms with Gasteiger partial charge in [0.2, 0.25) is 0 Å². The lowest BCUT2D eigenvalue weighted by Gasteiger charge is -2.15. The Hall–Kier alpha value is -3.03. The number of Topliss-reactive ketones (excluding diaryl/α,β-unsaturated/α-hetero) is 1. The maximum absolute atomic E-state index is 12.1. The second kappa shape index (κ2) is 8.57. The van der Waals surface area contributed by atoms with Crippen molar-refractivity contribution in [2.75, 3.05) is 0 Å². The Morgan fingerprint density at radius 3 is 2.07 bits per heavy atom. The van der Waals surface area contributed by atoms with E-state index in [0.29, 0.717) is 16.9 Å². The molecule has 0 spiro atoms. The molecule has 0 fully saturated rings. The van der Waals surface area contributed by atoms with Gasteiger partial charge in [-0.1, -0.05) is 12.1 Å². The molecule has 0 aromatic heterocycles. The second-order valence-corrected chi connectivity index (χ2v) is 5.75. The summed E-state index contributed by atoms with van der Waals surface area (Å²) in [5, 5.41) is 2.64. The molecule has 0 aliphatic rings. The maximum Gasteiger partial charge on any atom is 0.573 e. The van der Waals surface area contributed by atoms with Crippen LogP contribution in [0.5, 0.6) is 11.5 Å². The third-order valence-electron chi connectivity index (χ3n) is 3.57. The first-order valence-corrected chi connectivity index (χ1v) is 8.04. The van der Waals surface area contributed by atoms with Gasteiger partial charge in [-0.05, 0) is 55.8 Å².